The monoisotopic (exact) mass is 195 g/mol. The van der Waals surface area contributed by atoms with E-state index in [4.69, 9.17) is 0 Å². The van der Waals surface area contributed by atoms with Crippen molar-refractivity contribution >= 4 is 6.08 Å². The smallest absolute Gasteiger partial charge is 0.115 e. The van der Waals surface area contributed by atoms with Crippen molar-refractivity contribution in [3.8, 4) is 11.1 Å². The van der Waals surface area contributed by atoms with Gasteiger partial charge in [0.15, 0.2) is 0 Å². The number of allylic oxidation sites excluding steroid dienone is 1. The standard InChI is InChI=1S/C13H11N2/c1-2-4-11-5-3-6-12(7-11)13-8-14-10-15-9-13/h2-10H,1H2/b4-2+. The van der Waals surface area contributed by atoms with Gasteiger partial charge in [0, 0.05) is 18.0 Å². The molecule has 0 fully saturated rings. The third kappa shape index (κ3) is 2.29. The van der Waals surface area contributed by atoms with Gasteiger partial charge in [-0.15, -0.1) is 0 Å². The van der Waals surface area contributed by atoms with Crippen LogP contribution in [0.3, 0.4) is 0 Å². The molecule has 1 radical (unpaired) electrons. The molecule has 1 heterocycles. The van der Waals surface area contributed by atoms with Crippen LogP contribution in [0.25, 0.3) is 17.2 Å². The van der Waals surface area contributed by atoms with Crippen LogP contribution >= 0.6 is 0 Å². The lowest BCUT2D eigenvalue weighted by Crippen LogP contribution is -1.82. The van der Waals surface area contributed by atoms with Crippen molar-refractivity contribution < 1.29 is 0 Å². The molecule has 2 heteroatoms. The number of rotatable bonds is 2. The van der Waals surface area contributed by atoms with E-state index in [2.05, 4.69) is 23.0 Å². The number of nitrogens with zero attached hydrogens (tertiary/aromatic N) is 2. The molecule has 73 valence electrons. The van der Waals surface area contributed by atoms with E-state index in [1.54, 1.807) is 18.5 Å². The Morgan fingerprint density at radius 2 is 1.87 bits per heavy atom. The van der Waals surface area contributed by atoms with Crippen LogP contribution in [0.4, 0.5) is 0 Å². The molecule has 0 saturated carbocycles. The van der Waals surface area contributed by atoms with Crippen LogP contribution in [0.1, 0.15) is 5.56 Å². The van der Waals surface area contributed by atoms with Crippen LogP contribution in [-0.4, -0.2) is 9.97 Å². The van der Waals surface area contributed by atoms with Crippen molar-refractivity contribution in [2.45, 2.75) is 0 Å². The molecular weight excluding hydrogens is 184 g/mol. The molecule has 0 bridgehead atoms. The summed E-state index contributed by atoms with van der Waals surface area (Å²) in [5.74, 6) is 0. The molecule has 0 saturated heterocycles. The second kappa shape index (κ2) is 4.51. The second-order valence-electron chi connectivity index (χ2n) is 3.15. The van der Waals surface area contributed by atoms with Gasteiger partial charge >= 0.3 is 0 Å². The third-order valence-corrected chi connectivity index (χ3v) is 2.09. The van der Waals surface area contributed by atoms with Gasteiger partial charge in [-0.25, -0.2) is 9.97 Å². The number of hydrogen-bond acceptors (Lipinski definition) is 2. The molecule has 2 aromatic rings. The van der Waals surface area contributed by atoms with E-state index >= 15 is 0 Å². The Hall–Kier alpha value is -1.96. The SMILES string of the molecule is [CH2]/C=C/c1cccc(-c2cncnc2)c1. The molecule has 0 aliphatic carbocycles. The zero-order valence-corrected chi connectivity index (χ0v) is 8.30. The fourth-order valence-corrected chi connectivity index (χ4v) is 1.41. The largest absolute Gasteiger partial charge is 0.244 e. The zero-order valence-electron chi connectivity index (χ0n) is 8.30. The van der Waals surface area contributed by atoms with Crippen molar-refractivity contribution in [1.29, 1.82) is 0 Å². The highest BCUT2D eigenvalue weighted by molar-refractivity contribution is 5.66. The van der Waals surface area contributed by atoms with Gasteiger partial charge in [-0.05, 0) is 24.1 Å². The molecule has 2 rings (SSSR count). The summed E-state index contributed by atoms with van der Waals surface area (Å²) in [5, 5.41) is 0. The second-order valence-corrected chi connectivity index (χ2v) is 3.15. The summed E-state index contributed by atoms with van der Waals surface area (Å²) in [7, 11) is 0. The predicted molar refractivity (Wildman–Crippen MR) is 61.9 cm³/mol. The molecular formula is C13H11N2. The summed E-state index contributed by atoms with van der Waals surface area (Å²) in [6.07, 6.45) is 8.89. The van der Waals surface area contributed by atoms with E-state index in [9.17, 15) is 0 Å². The van der Waals surface area contributed by atoms with Crippen LogP contribution in [0.5, 0.6) is 0 Å². The van der Waals surface area contributed by atoms with Gasteiger partial charge in [-0.1, -0.05) is 30.4 Å². The predicted octanol–water partition coefficient (Wildman–Crippen LogP) is 2.99. The average Bonchev–Trinajstić information content (AvgIpc) is 2.31. The van der Waals surface area contributed by atoms with Gasteiger partial charge in [-0.2, -0.15) is 0 Å². The Kier molecular flexibility index (Phi) is 2.88. The number of benzene rings is 1. The van der Waals surface area contributed by atoms with E-state index < -0.39 is 0 Å². The van der Waals surface area contributed by atoms with Gasteiger partial charge in [-0.3, -0.25) is 0 Å². The summed E-state index contributed by atoms with van der Waals surface area (Å²) in [4.78, 5) is 7.99. The highest BCUT2D eigenvalue weighted by Gasteiger charge is 1.97. The van der Waals surface area contributed by atoms with Crippen LogP contribution in [-0.2, 0) is 0 Å². The maximum atomic E-state index is 4.00. The van der Waals surface area contributed by atoms with Gasteiger partial charge < -0.3 is 0 Å². The maximum Gasteiger partial charge on any atom is 0.115 e. The summed E-state index contributed by atoms with van der Waals surface area (Å²) in [6, 6.07) is 8.17. The van der Waals surface area contributed by atoms with Crippen LogP contribution in [0.15, 0.2) is 49.1 Å². The first-order valence-corrected chi connectivity index (χ1v) is 4.71. The Balaban J connectivity index is 2.41. The molecule has 1 aromatic heterocycles. The first-order chi connectivity index (χ1) is 7.40. The quantitative estimate of drug-likeness (QED) is 0.736. The molecule has 2 nitrogen and oxygen atoms in total. The van der Waals surface area contributed by atoms with Crippen LogP contribution in [0.2, 0.25) is 0 Å². The Bertz CT molecular complexity index is 461. The minimum atomic E-state index is 1.02. The highest BCUT2D eigenvalue weighted by Crippen LogP contribution is 2.18. The Morgan fingerprint density at radius 3 is 2.60 bits per heavy atom. The Morgan fingerprint density at radius 1 is 1.07 bits per heavy atom. The molecule has 15 heavy (non-hydrogen) atoms. The molecule has 0 aliphatic rings. The van der Waals surface area contributed by atoms with Crippen molar-refractivity contribution in [2.24, 2.45) is 0 Å². The molecule has 0 aliphatic heterocycles. The van der Waals surface area contributed by atoms with E-state index in [-0.39, 0.29) is 0 Å². The van der Waals surface area contributed by atoms with E-state index in [1.165, 1.54) is 6.33 Å². The lowest BCUT2D eigenvalue weighted by atomic mass is 10.1. The van der Waals surface area contributed by atoms with Gasteiger partial charge in [0.05, 0.1) is 0 Å². The summed E-state index contributed by atoms with van der Waals surface area (Å²) in [5.41, 5.74) is 3.27. The van der Waals surface area contributed by atoms with E-state index in [0.29, 0.717) is 0 Å². The van der Waals surface area contributed by atoms with Crippen molar-refractivity contribution in [3.63, 3.8) is 0 Å². The maximum absolute atomic E-state index is 4.00. The summed E-state index contributed by atoms with van der Waals surface area (Å²) in [6.45, 7) is 3.68. The van der Waals surface area contributed by atoms with E-state index in [1.807, 2.05) is 24.3 Å². The van der Waals surface area contributed by atoms with Crippen molar-refractivity contribution in [2.75, 3.05) is 0 Å². The minimum Gasteiger partial charge on any atom is -0.244 e. The van der Waals surface area contributed by atoms with Crippen LogP contribution in [0, 0.1) is 6.92 Å². The van der Waals surface area contributed by atoms with Crippen molar-refractivity contribution in [1.82, 2.24) is 9.97 Å². The normalized spacial score (nSPS) is 10.7. The fourth-order valence-electron chi connectivity index (χ4n) is 1.41. The highest BCUT2D eigenvalue weighted by atomic mass is 14.8. The van der Waals surface area contributed by atoms with Gasteiger partial charge in [0.25, 0.3) is 0 Å². The summed E-state index contributed by atoms with van der Waals surface area (Å²) < 4.78 is 0. The zero-order chi connectivity index (χ0) is 10.5. The fraction of sp³-hybridized carbons (Fsp3) is 0. The number of hydrogen-bond donors (Lipinski definition) is 0. The van der Waals surface area contributed by atoms with Crippen LogP contribution < -0.4 is 0 Å². The summed E-state index contributed by atoms with van der Waals surface area (Å²) >= 11 is 0. The van der Waals surface area contributed by atoms with Gasteiger partial charge in [0.2, 0.25) is 0 Å². The molecule has 0 amide bonds. The van der Waals surface area contributed by atoms with Gasteiger partial charge in [0.1, 0.15) is 6.33 Å². The lowest BCUT2D eigenvalue weighted by molar-refractivity contribution is 1.17. The average molecular weight is 195 g/mol. The molecule has 0 unspecified atom stereocenters. The molecule has 0 N–H and O–H groups in total. The third-order valence-electron chi connectivity index (χ3n) is 2.09. The first-order valence-electron chi connectivity index (χ1n) is 4.71. The Labute approximate surface area is 89.3 Å². The minimum absolute atomic E-state index is 1.02. The molecule has 0 spiro atoms. The first kappa shape index (κ1) is 9.59. The molecule has 0 atom stereocenters. The lowest BCUT2D eigenvalue weighted by Gasteiger charge is -2.01. The molecule has 1 aromatic carbocycles. The van der Waals surface area contributed by atoms with Crippen molar-refractivity contribution in [3.05, 3.63) is 61.5 Å². The number of aromatic nitrogens is 2. The van der Waals surface area contributed by atoms with E-state index in [0.717, 1.165) is 16.7 Å². The topological polar surface area (TPSA) is 25.8 Å².